The molecule has 0 atom stereocenters. The van der Waals surface area contributed by atoms with Gasteiger partial charge in [0, 0.05) is 6.07 Å². The van der Waals surface area contributed by atoms with Gasteiger partial charge in [-0.25, -0.2) is 4.79 Å². The fraction of sp³-hybridized carbons (Fsp3) is 0.103. The summed E-state index contributed by atoms with van der Waals surface area (Å²) in [7, 11) is 2.73. The lowest BCUT2D eigenvalue weighted by Crippen LogP contribution is -2.16. The molecule has 0 unspecified atom stereocenters. The number of hydrogen-bond donors (Lipinski definition) is 0. The molecule has 5 rings (SSSR count). The van der Waals surface area contributed by atoms with E-state index in [1.165, 1.54) is 44.6 Å². The summed E-state index contributed by atoms with van der Waals surface area (Å²) in [6, 6.07) is 19.9. The molecule has 1 heterocycles. The first-order valence-corrected chi connectivity index (χ1v) is 11.3. The topological polar surface area (TPSA) is 75.0 Å². The molecule has 0 radical (unpaired) electrons. The van der Waals surface area contributed by atoms with Crippen LogP contribution in [-0.4, -0.2) is 20.2 Å². The van der Waals surface area contributed by atoms with Crippen LogP contribution < -0.4 is 19.6 Å². The van der Waals surface area contributed by atoms with Crippen LogP contribution in [0.3, 0.4) is 0 Å². The highest BCUT2D eigenvalue weighted by Crippen LogP contribution is 2.40. The van der Waals surface area contributed by atoms with Gasteiger partial charge < -0.3 is 18.6 Å². The fourth-order valence-electron chi connectivity index (χ4n) is 4.34. The maximum absolute atomic E-state index is 14.2. The van der Waals surface area contributed by atoms with Crippen LogP contribution in [0, 0.1) is 0 Å². The van der Waals surface area contributed by atoms with E-state index in [1.54, 1.807) is 42.5 Å². The molecular formula is C29H19F3O6. The number of fused-ring (bicyclic) bond motifs is 2. The monoisotopic (exact) mass is 520 g/mol. The van der Waals surface area contributed by atoms with Crippen molar-refractivity contribution in [2.24, 2.45) is 0 Å². The summed E-state index contributed by atoms with van der Waals surface area (Å²) in [4.78, 5) is 26.4. The zero-order valence-corrected chi connectivity index (χ0v) is 20.1. The third-order valence-corrected chi connectivity index (χ3v) is 6.02. The van der Waals surface area contributed by atoms with Gasteiger partial charge in [-0.3, -0.25) is 4.79 Å². The van der Waals surface area contributed by atoms with E-state index in [4.69, 9.17) is 18.6 Å². The smallest absolute Gasteiger partial charge is 0.450 e. The Bertz CT molecular complexity index is 1730. The molecule has 0 N–H and O–H groups in total. The van der Waals surface area contributed by atoms with Gasteiger partial charge in [0.05, 0.1) is 25.2 Å². The number of carbonyl (C=O) groups excluding carboxylic acids is 1. The van der Waals surface area contributed by atoms with Crippen LogP contribution in [0.15, 0.2) is 88.1 Å². The molecular weight excluding hydrogens is 501 g/mol. The van der Waals surface area contributed by atoms with E-state index >= 15 is 0 Å². The molecule has 9 heteroatoms. The van der Waals surface area contributed by atoms with Crippen molar-refractivity contribution in [1.29, 1.82) is 0 Å². The van der Waals surface area contributed by atoms with E-state index in [0.717, 1.165) is 6.07 Å². The van der Waals surface area contributed by atoms with Gasteiger partial charge in [-0.2, -0.15) is 13.2 Å². The molecule has 0 spiro atoms. The largest absolute Gasteiger partial charge is 0.496 e. The lowest BCUT2D eigenvalue weighted by atomic mass is 9.96. The fourth-order valence-corrected chi connectivity index (χ4v) is 4.34. The van der Waals surface area contributed by atoms with E-state index in [9.17, 15) is 22.8 Å². The number of benzene rings is 4. The predicted molar refractivity (Wildman–Crippen MR) is 135 cm³/mol. The van der Waals surface area contributed by atoms with E-state index in [1.807, 2.05) is 0 Å². The number of halogens is 3. The molecule has 5 aromatic rings. The molecule has 0 aliphatic heterocycles. The average Bonchev–Trinajstić information content (AvgIpc) is 2.91. The lowest BCUT2D eigenvalue weighted by Gasteiger charge is -2.15. The maximum atomic E-state index is 14.2. The highest BCUT2D eigenvalue weighted by Gasteiger charge is 2.39. The molecule has 6 nitrogen and oxygen atoms in total. The Hall–Kier alpha value is -4.79. The Morgan fingerprint density at radius 3 is 2.16 bits per heavy atom. The number of ether oxygens (including phenoxy) is 3. The summed E-state index contributed by atoms with van der Waals surface area (Å²) < 4.78 is 63.7. The van der Waals surface area contributed by atoms with Crippen molar-refractivity contribution < 1.29 is 36.6 Å². The van der Waals surface area contributed by atoms with Crippen molar-refractivity contribution in [3.63, 3.8) is 0 Å². The van der Waals surface area contributed by atoms with Gasteiger partial charge in [0.15, 0.2) is 0 Å². The van der Waals surface area contributed by atoms with Crippen molar-refractivity contribution in [3.8, 4) is 28.4 Å². The van der Waals surface area contributed by atoms with Gasteiger partial charge in [0.2, 0.25) is 11.2 Å². The Morgan fingerprint density at radius 1 is 0.816 bits per heavy atom. The van der Waals surface area contributed by atoms with Crippen molar-refractivity contribution in [2.45, 2.75) is 6.18 Å². The van der Waals surface area contributed by atoms with Crippen LogP contribution >= 0.6 is 0 Å². The maximum Gasteiger partial charge on any atom is 0.450 e. The number of rotatable bonds is 5. The zero-order valence-electron chi connectivity index (χ0n) is 20.1. The summed E-state index contributed by atoms with van der Waals surface area (Å²) in [6.45, 7) is 0. The van der Waals surface area contributed by atoms with Crippen molar-refractivity contribution >= 4 is 27.7 Å². The van der Waals surface area contributed by atoms with Gasteiger partial charge in [-0.05, 0) is 40.6 Å². The van der Waals surface area contributed by atoms with Gasteiger partial charge in [0.25, 0.3) is 0 Å². The molecule has 4 aromatic carbocycles. The van der Waals surface area contributed by atoms with Gasteiger partial charge in [-0.1, -0.05) is 48.5 Å². The quantitative estimate of drug-likeness (QED) is 0.186. The van der Waals surface area contributed by atoms with E-state index in [2.05, 4.69) is 0 Å². The summed E-state index contributed by atoms with van der Waals surface area (Å²) in [5, 5.41) is 1.05. The second-order valence-corrected chi connectivity index (χ2v) is 8.24. The van der Waals surface area contributed by atoms with Crippen molar-refractivity contribution in [1.82, 2.24) is 0 Å². The Morgan fingerprint density at radius 2 is 1.47 bits per heavy atom. The second-order valence-electron chi connectivity index (χ2n) is 8.24. The molecule has 192 valence electrons. The van der Waals surface area contributed by atoms with Crippen LogP contribution in [-0.2, 0) is 6.18 Å². The minimum Gasteiger partial charge on any atom is -0.496 e. The average molecular weight is 520 g/mol. The third kappa shape index (κ3) is 4.32. The standard InChI is InChI=1S/C29H19F3O6/c1-35-21-11-6-12-22(36-2)25(21)28(34)37-17-13-14-20-23(15-17)38-27(29(30,31)32)24(26(20)33)19-10-5-8-16-7-3-4-9-18(16)19/h3-15H,1-2H3. The van der Waals surface area contributed by atoms with Crippen LogP contribution in [0.1, 0.15) is 16.1 Å². The first-order chi connectivity index (χ1) is 18.2. The molecule has 38 heavy (non-hydrogen) atoms. The Balaban J connectivity index is 1.65. The minimum absolute atomic E-state index is 0.0127. The molecule has 0 amide bonds. The number of carbonyl (C=O) groups is 1. The zero-order chi connectivity index (χ0) is 27.0. The molecule has 1 aromatic heterocycles. The summed E-state index contributed by atoms with van der Waals surface area (Å²) in [6.07, 6.45) is -4.98. The van der Waals surface area contributed by atoms with E-state index in [0.29, 0.717) is 10.8 Å². The Labute approximate surface area is 213 Å². The highest BCUT2D eigenvalue weighted by atomic mass is 19.4. The molecule has 0 saturated heterocycles. The normalized spacial score (nSPS) is 11.5. The Kier molecular flexibility index (Phi) is 6.28. The third-order valence-electron chi connectivity index (χ3n) is 6.02. The summed E-state index contributed by atoms with van der Waals surface area (Å²) in [5.74, 6) is -2.09. The number of esters is 1. The van der Waals surface area contributed by atoms with E-state index < -0.39 is 28.9 Å². The van der Waals surface area contributed by atoms with Crippen LogP contribution in [0.2, 0.25) is 0 Å². The number of alkyl halides is 3. The van der Waals surface area contributed by atoms with Crippen molar-refractivity contribution in [2.75, 3.05) is 14.2 Å². The van der Waals surface area contributed by atoms with E-state index in [-0.39, 0.29) is 39.3 Å². The second kappa shape index (κ2) is 9.59. The lowest BCUT2D eigenvalue weighted by molar-refractivity contribution is -0.152. The molecule has 0 aliphatic rings. The number of hydrogen-bond acceptors (Lipinski definition) is 6. The van der Waals surface area contributed by atoms with Gasteiger partial charge in [-0.15, -0.1) is 0 Å². The molecule has 0 saturated carbocycles. The molecule has 0 fully saturated rings. The van der Waals surface area contributed by atoms with Crippen LogP contribution in [0.25, 0.3) is 32.9 Å². The SMILES string of the molecule is COc1cccc(OC)c1C(=O)Oc1ccc2c(=O)c(-c3cccc4ccccc34)c(C(F)(F)F)oc2c1. The van der Waals surface area contributed by atoms with Crippen LogP contribution in [0.4, 0.5) is 13.2 Å². The summed E-state index contributed by atoms with van der Waals surface area (Å²) >= 11 is 0. The predicted octanol–water partition coefficient (Wildman–Crippen LogP) is 6.87. The molecule has 0 aliphatic carbocycles. The summed E-state index contributed by atoms with van der Waals surface area (Å²) in [5.41, 5.74) is -1.75. The van der Waals surface area contributed by atoms with Gasteiger partial charge >= 0.3 is 12.1 Å². The molecule has 0 bridgehead atoms. The minimum atomic E-state index is -4.98. The van der Waals surface area contributed by atoms with Crippen LogP contribution in [0.5, 0.6) is 17.2 Å². The highest BCUT2D eigenvalue weighted by molar-refractivity contribution is 5.99. The first-order valence-electron chi connectivity index (χ1n) is 11.3. The van der Waals surface area contributed by atoms with Gasteiger partial charge in [0.1, 0.15) is 28.4 Å². The first kappa shape index (κ1) is 24.9. The van der Waals surface area contributed by atoms with Crippen molar-refractivity contribution in [3.05, 3.63) is 100 Å². The number of methoxy groups -OCH3 is 2.